The number of nitrogens with zero attached hydrogens (tertiary/aromatic N) is 1. The maximum Gasteiger partial charge on any atom is 0.469 e. The third kappa shape index (κ3) is 18.9. The summed E-state index contributed by atoms with van der Waals surface area (Å²) in [6.07, 6.45) is 1.16. The Morgan fingerprint density at radius 3 is 2.19 bits per heavy atom. The second-order valence-corrected chi connectivity index (χ2v) is 4.19. The molecule has 7 nitrogen and oxygen atoms in total. The summed E-state index contributed by atoms with van der Waals surface area (Å²) in [4.78, 5) is 27.8. The van der Waals surface area contributed by atoms with Crippen LogP contribution in [0.4, 0.5) is 0 Å². The second kappa shape index (κ2) is 9.50. The summed E-state index contributed by atoms with van der Waals surface area (Å²) in [5.41, 5.74) is 0. The van der Waals surface area contributed by atoms with Crippen molar-refractivity contribution in [3.63, 3.8) is 0 Å². The number of rotatable bonds is 5. The molecule has 0 rings (SSSR count). The zero-order valence-electron chi connectivity index (χ0n) is 9.62. The number of hydrogen-bond donors (Lipinski definition) is 2. The summed E-state index contributed by atoms with van der Waals surface area (Å²) in [5, 5.41) is 0. The van der Waals surface area contributed by atoms with E-state index in [1.165, 1.54) is 0 Å². The van der Waals surface area contributed by atoms with Crippen molar-refractivity contribution in [1.29, 1.82) is 0 Å². The highest BCUT2D eigenvalue weighted by Crippen LogP contribution is 2.33. The third-order valence-electron chi connectivity index (χ3n) is 1.19. The van der Waals surface area contributed by atoms with Crippen LogP contribution in [0.25, 0.3) is 0 Å². The van der Waals surface area contributed by atoms with Crippen molar-refractivity contribution in [1.82, 2.24) is 4.90 Å². The summed E-state index contributed by atoms with van der Waals surface area (Å²) in [7, 11) is 0.635. The van der Waals surface area contributed by atoms with Crippen molar-refractivity contribution in [3.8, 4) is 0 Å². The van der Waals surface area contributed by atoms with Crippen LogP contribution in [0.15, 0.2) is 12.7 Å². The van der Waals surface area contributed by atoms with Crippen LogP contribution in [-0.4, -0.2) is 55.0 Å². The Balaban J connectivity index is 0. The van der Waals surface area contributed by atoms with Crippen molar-refractivity contribution in [2.45, 2.75) is 0 Å². The summed E-state index contributed by atoms with van der Waals surface area (Å²) in [6.45, 7) is 4.45. The molecule has 0 aliphatic carbocycles. The smallest absolute Gasteiger partial charge is 0.461 e. The van der Waals surface area contributed by atoms with Gasteiger partial charge in [-0.3, -0.25) is 4.52 Å². The van der Waals surface area contributed by atoms with Crippen LogP contribution in [-0.2, 0) is 18.6 Å². The Morgan fingerprint density at radius 1 is 1.50 bits per heavy atom. The number of carbonyl (C=O) groups excluding carboxylic acids is 1. The number of phosphoric acid groups is 1. The van der Waals surface area contributed by atoms with E-state index in [-0.39, 0.29) is 5.97 Å². The lowest BCUT2D eigenvalue weighted by Gasteiger charge is -2.07. The number of phosphoric ester groups is 1. The average molecular weight is 255 g/mol. The van der Waals surface area contributed by atoms with E-state index in [1.54, 1.807) is 0 Å². The highest BCUT2D eigenvalue weighted by molar-refractivity contribution is 7.46. The van der Waals surface area contributed by atoms with Gasteiger partial charge in [-0.2, -0.15) is 0 Å². The summed E-state index contributed by atoms with van der Waals surface area (Å²) >= 11 is 0. The molecule has 2 N–H and O–H groups in total. The van der Waals surface area contributed by atoms with Gasteiger partial charge in [0, 0.05) is 19.7 Å². The van der Waals surface area contributed by atoms with Crippen molar-refractivity contribution in [2.75, 3.05) is 34.4 Å². The lowest BCUT2D eigenvalue weighted by atomic mass is 10.6. The molecule has 0 fully saturated rings. The minimum Gasteiger partial charge on any atom is -0.461 e. The third-order valence-corrected chi connectivity index (χ3v) is 1.66. The van der Waals surface area contributed by atoms with Crippen LogP contribution in [0.2, 0.25) is 0 Å². The molecular weight excluding hydrogens is 237 g/mol. The maximum atomic E-state index is 10.4. The van der Waals surface area contributed by atoms with Gasteiger partial charge < -0.3 is 19.4 Å². The summed E-state index contributed by atoms with van der Waals surface area (Å²) < 4.78 is 17.8. The van der Waals surface area contributed by atoms with Gasteiger partial charge in [-0.1, -0.05) is 6.58 Å². The molecule has 0 bridgehead atoms. The summed E-state index contributed by atoms with van der Waals surface area (Å²) in [5.74, 6) is -0.359. The van der Waals surface area contributed by atoms with Crippen molar-refractivity contribution in [2.24, 2.45) is 0 Å². The van der Waals surface area contributed by atoms with Gasteiger partial charge in [-0.25, -0.2) is 9.36 Å². The van der Waals surface area contributed by atoms with Crippen molar-refractivity contribution in [3.05, 3.63) is 12.7 Å². The fraction of sp³-hybridized carbons (Fsp3) is 0.625. The molecule has 0 saturated heterocycles. The Morgan fingerprint density at radius 2 is 1.94 bits per heavy atom. The monoisotopic (exact) mass is 255 g/mol. The molecule has 0 saturated carbocycles. The highest BCUT2D eigenvalue weighted by atomic mass is 31.2. The van der Waals surface area contributed by atoms with Gasteiger partial charge in [0.1, 0.15) is 6.61 Å². The van der Waals surface area contributed by atoms with Crippen LogP contribution >= 0.6 is 7.82 Å². The minimum atomic E-state index is -4.15. The van der Waals surface area contributed by atoms with Crippen molar-refractivity contribution >= 4 is 13.8 Å². The van der Waals surface area contributed by atoms with E-state index in [9.17, 15) is 9.36 Å². The molecule has 0 heterocycles. The van der Waals surface area contributed by atoms with E-state index in [1.807, 2.05) is 19.0 Å². The first-order valence-corrected chi connectivity index (χ1v) is 5.81. The Kier molecular flexibility index (Phi) is 10.5. The second-order valence-electron chi connectivity index (χ2n) is 2.85. The van der Waals surface area contributed by atoms with Gasteiger partial charge in [0.25, 0.3) is 0 Å². The minimum absolute atomic E-state index is 0.359. The first-order chi connectivity index (χ1) is 7.22. The molecule has 0 aliphatic rings. The molecule has 16 heavy (non-hydrogen) atoms. The van der Waals surface area contributed by atoms with E-state index in [2.05, 4.69) is 11.1 Å². The predicted molar refractivity (Wildman–Crippen MR) is 58.8 cm³/mol. The number of ether oxygens (including phenoxy) is 1. The SMILES string of the molecule is C=CC(=O)OCCN(C)C.COP(=O)(O)O. The highest BCUT2D eigenvalue weighted by Gasteiger charge is 2.07. The zero-order chi connectivity index (χ0) is 13.2. The molecule has 0 spiro atoms. The van der Waals surface area contributed by atoms with Crippen molar-refractivity contribution < 1.29 is 28.4 Å². The topological polar surface area (TPSA) is 96.3 Å². The quantitative estimate of drug-likeness (QED) is 0.405. The van der Waals surface area contributed by atoms with Gasteiger partial charge in [0.15, 0.2) is 0 Å². The maximum absolute atomic E-state index is 10.4. The fourth-order valence-corrected chi connectivity index (χ4v) is 0.388. The average Bonchev–Trinajstić information content (AvgIpc) is 2.17. The standard InChI is InChI=1S/C7H13NO2.CH5O4P/c1-4-7(9)10-6-5-8(2)3;1-5-6(2,3)4/h4H,1,5-6H2,2-3H3;1H3,(H2,2,3,4). The predicted octanol–water partition coefficient (Wildman–Crippen LogP) is 0.00270. The molecule has 0 aromatic rings. The molecule has 8 heteroatoms. The van der Waals surface area contributed by atoms with Crippen LogP contribution in [0.3, 0.4) is 0 Å². The summed E-state index contributed by atoms with van der Waals surface area (Å²) in [6, 6.07) is 0. The van der Waals surface area contributed by atoms with Crippen LogP contribution in [0.5, 0.6) is 0 Å². The number of hydrogen-bond acceptors (Lipinski definition) is 5. The Labute approximate surface area is 94.9 Å². The van der Waals surface area contributed by atoms with Gasteiger partial charge >= 0.3 is 13.8 Å². The van der Waals surface area contributed by atoms with E-state index in [0.29, 0.717) is 6.61 Å². The van der Waals surface area contributed by atoms with E-state index < -0.39 is 7.82 Å². The lowest BCUT2D eigenvalue weighted by Crippen LogP contribution is -2.19. The van der Waals surface area contributed by atoms with Crippen LogP contribution in [0.1, 0.15) is 0 Å². The van der Waals surface area contributed by atoms with Gasteiger partial charge in [-0.15, -0.1) is 0 Å². The Bertz CT molecular complexity index is 249. The van der Waals surface area contributed by atoms with Crippen LogP contribution < -0.4 is 0 Å². The number of likely N-dealkylation sites (N-methyl/N-ethyl adjacent to an activating group) is 1. The van der Waals surface area contributed by atoms with E-state index in [4.69, 9.17) is 14.5 Å². The number of esters is 1. The molecule has 0 amide bonds. The normalized spacial score (nSPS) is 10.4. The Hall–Kier alpha value is -0.720. The molecule has 0 aromatic carbocycles. The molecule has 0 unspecified atom stereocenters. The lowest BCUT2D eigenvalue weighted by molar-refractivity contribution is -0.137. The van der Waals surface area contributed by atoms with Gasteiger partial charge in [-0.05, 0) is 14.1 Å². The fourth-order valence-electron chi connectivity index (χ4n) is 0.388. The molecule has 96 valence electrons. The molecule has 0 aromatic heterocycles. The van der Waals surface area contributed by atoms with Crippen LogP contribution in [0, 0.1) is 0 Å². The molecule has 0 aliphatic heterocycles. The molecule has 0 atom stereocenters. The molecular formula is C8H18NO6P. The first kappa shape index (κ1) is 17.7. The van der Waals surface area contributed by atoms with Gasteiger partial charge in [0.2, 0.25) is 0 Å². The van der Waals surface area contributed by atoms with E-state index in [0.717, 1.165) is 19.7 Å². The largest absolute Gasteiger partial charge is 0.469 e. The zero-order valence-corrected chi connectivity index (χ0v) is 10.5. The van der Waals surface area contributed by atoms with Gasteiger partial charge in [0.05, 0.1) is 0 Å². The van der Waals surface area contributed by atoms with E-state index >= 15 is 0 Å². The first-order valence-electron chi connectivity index (χ1n) is 4.28. The molecule has 0 radical (unpaired) electrons. The number of carbonyl (C=O) groups is 1.